The first-order chi connectivity index (χ1) is 14.5. The van der Waals surface area contributed by atoms with Crippen LogP contribution < -0.4 is 5.32 Å². The van der Waals surface area contributed by atoms with Crippen LogP contribution in [0.2, 0.25) is 0 Å². The number of hydrogen-bond donors (Lipinski definition) is 3. The summed E-state index contributed by atoms with van der Waals surface area (Å²) in [6.07, 6.45) is -3.36. The van der Waals surface area contributed by atoms with Gasteiger partial charge >= 0.3 is 8.25 Å². The number of alkyl halides is 1. The summed E-state index contributed by atoms with van der Waals surface area (Å²) in [5.74, 6) is -0.291. The molecule has 13 heteroatoms. The molecule has 3 aromatic rings. The summed E-state index contributed by atoms with van der Waals surface area (Å²) in [6, 6.07) is 8.48. The molecule has 3 heterocycles. The fourth-order valence-corrected chi connectivity index (χ4v) is 3.74. The largest absolute Gasteiger partial charge is 0.394 e. The van der Waals surface area contributed by atoms with Crippen LogP contribution in [0.5, 0.6) is 0 Å². The molecule has 0 saturated carbocycles. The van der Waals surface area contributed by atoms with Gasteiger partial charge in [0, 0.05) is 5.56 Å². The molecule has 1 fully saturated rings. The van der Waals surface area contributed by atoms with E-state index in [1.807, 2.05) is 0 Å². The standard InChI is InChI=1S/C17H17FN5O6P/c18-11-13(29-30(26)27)10(6-24)28-17(11)23-8-21-12-14(19-7-20-15(12)23)22-16(25)9-4-2-1-3-5-9/h1-5,7-8,10-11,13,17,24,30H,6H2,(H,26,27)(H,19,20,22,25)/t10-,11?,13+,17-/m1/s1. The Balaban J connectivity index is 1.63. The van der Waals surface area contributed by atoms with Crippen molar-refractivity contribution in [1.82, 2.24) is 19.5 Å². The van der Waals surface area contributed by atoms with Crippen LogP contribution in [0.3, 0.4) is 0 Å². The van der Waals surface area contributed by atoms with Gasteiger partial charge in [0.05, 0.1) is 12.9 Å². The average Bonchev–Trinajstić information content (AvgIpc) is 3.30. The molecule has 1 aromatic carbocycles. The number of fused-ring (bicyclic) bond motifs is 1. The Morgan fingerprint density at radius 3 is 2.77 bits per heavy atom. The third kappa shape index (κ3) is 3.83. The highest BCUT2D eigenvalue weighted by Gasteiger charge is 2.48. The SMILES string of the molecule is O=C(Nc1ncnc2c1ncn2[C@@H]1O[C@H](CO)[C@H](O[PH](=O)O)C1F)c1ccccc1. The normalized spacial score (nSPS) is 24.8. The third-order valence-corrected chi connectivity index (χ3v) is 5.06. The Morgan fingerprint density at radius 1 is 1.30 bits per heavy atom. The van der Waals surface area contributed by atoms with Gasteiger partial charge in [0.1, 0.15) is 18.5 Å². The van der Waals surface area contributed by atoms with E-state index in [4.69, 9.17) is 14.2 Å². The van der Waals surface area contributed by atoms with Crippen LogP contribution in [-0.2, 0) is 13.8 Å². The van der Waals surface area contributed by atoms with Gasteiger partial charge in [-0.1, -0.05) is 18.2 Å². The van der Waals surface area contributed by atoms with Gasteiger partial charge < -0.3 is 24.6 Å². The average molecular weight is 437 g/mol. The van der Waals surface area contributed by atoms with Gasteiger partial charge in [-0.3, -0.25) is 13.9 Å². The lowest BCUT2D eigenvalue weighted by molar-refractivity contribution is -0.0436. The molecule has 2 aromatic heterocycles. The van der Waals surface area contributed by atoms with Gasteiger partial charge in [-0.25, -0.2) is 19.3 Å². The number of nitrogens with one attached hydrogen (secondary N) is 1. The molecule has 0 spiro atoms. The van der Waals surface area contributed by atoms with Crippen LogP contribution in [0.25, 0.3) is 11.2 Å². The molecule has 158 valence electrons. The minimum atomic E-state index is -3.45. The highest BCUT2D eigenvalue weighted by molar-refractivity contribution is 7.32. The second-order valence-corrected chi connectivity index (χ2v) is 7.17. The number of nitrogens with zero attached hydrogens (tertiary/aromatic N) is 4. The number of hydrogen-bond acceptors (Lipinski definition) is 8. The quantitative estimate of drug-likeness (QED) is 0.482. The summed E-state index contributed by atoms with van der Waals surface area (Å²) in [6.45, 7) is -0.614. The number of aliphatic hydroxyl groups excluding tert-OH is 1. The van der Waals surface area contributed by atoms with E-state index in [0.717, 1.165) is 0 Å². The van der Waals surface area contributed by atoms with Crippen LogP contribution in [0.15, 0.2) is 43.0 Å². The van der Waals surface area contributed by atoms with E-state index in [-0.39, 0.29) is 17.0 Å². The molecule has 11 nitrogen and oxygen atoms in total. The lowest BCUT2D eigenvalue weighted by Crippen LogP contribution is -2.32. The van der Waals surface area contributed by atoms with Crippen LogP contribution in [0.4, 0.5) is 10.2 Å². The Hall–Kier alpha value is -2.76. The van der Waals surface area contributed by atoms with Gasteiger partial charge in [0.2, 0.25) is 0 Å². The molecular weight excluding hydrogens is 420 g/mol. The van der Waals surface area contributed by atoms with E-state index in [1.54, 1.807) is 30.3 Å². The minimum absolute atomic E-state index is 0.118. The van der Waals surface area contributed by atoms with Gasteiger partial charge in [0.15, 0.2) is 29.4 Å². The maximum Gasteiger partial charge on any atom is 0.317 e. The van der Waals surface area contributed by atoms with Crippen LogP contribution in [0, 0.1) is 0 Å². The van der Waals surface area contributed by atoms with E-state index in [1.165, 1.54) is 17.2 Å². The van der Waals surface area contributed by atoms with Gasteiger partial charge in [-0.15, -0.1) is 0 Å². The zero-order valence-electron chi connectivity index (χ0n) is 15.3. The van der Waals surface area contributed by atoms with Crippen molar-refractivity contribution in [3.63, 3.8) is 0 Å². The molecular formula is C17H17FN5O6P. The molecule has 5 atom stereocenters. The molecule has 0 radical (unpaired) electrons. The number of aliphatic hydroxyl groups is 1. The molecule has 0 bridgehead atoms. The fraction of sp³-hybridized carbons (Fsp3) is 0.294. The first kappa shape index (κ1) is 20.5. The summed E-state index contributed by atoms with van der Waals surface area (Å²) in [7, 11) is -3.45. The second-order valence-electron chi connectivity index (χ2n) is 6.41. The van der Waals surface area contributed by atoms with Crippen molar-refractivity contribution in [3.05, 3.63) is 48.5 Å². The number of carbonyl (C=O) groups excluding carboxylic acids is 1. The Bertz CT molecular complexity index is 1080. The predicted octanol–water partition coefficient (Wildman–Crippen LogP) is 1.07. The molecule has 1 amide bonds. The summed E-state index contributed by atoms with van der Waals surface area (Å²) in [5, 5.41) is 12.0. The maximum atomic E-state index is 14.9. The fourth-order valence-electron chi connectivity index (χ4n) is 3.22. The molecule has 1 aliphatic heterocycles. The first-order valence-electron chi connectivity index (χ1n) is 8.83. The number of rotatable bonds is 6. The van der Waals surface area contributed by atoms with Crippen molar-refractivity contribution in [2.24, 2.45) is 0 Å². The van der Waals surface area contributed by atoms with E-state index < -0.39 is 45.4 Å². The lowest BCUT2D eigenvalue weighted by Gasteiger charge is -2.16. The molecule has 1 saturated heterocycles. The van der Waals surface area contributed by atoms with Crippen LogP contribution >= 0.6 is 8.25 Å². The monoisotopic (exact) mass is 437 g/mol. The highest BCUT2D eigenvalue weighted by Crippen LogP contribution is 2.38. The molecule has 30 heavy (non-hydrogen) atoms. The summed E-state index contributed by atoms with van der Waals surface area (Å²) in [5.41, 5.74) is 0.768. The lowest BCUT2D eigenvalue weighted by atomic mass is 10.1. The topological polar surface area (TPSA) is 149 Å². The number of ether oxygens (including phenoxy) is 1. The summed E-state index contributed by atoms with van der Waals surface area (Å²) < 4.78 is 37.4. The first-order valence-corrected chi connectivity index (χ1v) is 10.1. The van der Waals surface area contributed by atoms with E-state index in [9.17, 15) is 18.9 Å². The van der Waals surface area contributed by atoms with Crippen molar-refractivity contribution in [2.75, 3.05) is 11.9 Å². The Labute approximate surface area is 169 Å². The van der Waals surface area contributed by atoms with E-state index >= 15 is 0 Å². The van der Waals surface area contributed by atoms with E-state index in [0.29, 0.717) is 5.56 Å². The molecule has 0 aliphatic carbocycles. The van der Waals surface area contributed by atoms with Gasteiger partial charge in [-0.2, -0.15) is 0 Å². The van der Waals surface area contributed by atoms with E-state index in [2.05, 4.69) is 20.3 Å². The second kappa shape index (κ2) is 8.54. The number of anilines is 1. The molecule has 1 aliphatic rings. The van der Waals surface area contributed by atoms with Crippen molar-refractivity contribution < 1.29 is 33.0 Å². The van der Waals surface area contributed by atoms with Crippen LogP contribution in [0.1, 0.15) is 16.6 Å². The Kier molecular flexibility index (Phi) is 5.84. The predicted molar refractivity (Wildman–Crippen MR) is 102 cm³/mol. The number of carbonyl (C=O) groups is 1. The molecule has 2 unspecified atom stereocenters. The number of halogens is 1. The molecule has 4 rings (SSSR count). The van der Waals surface area contributed by atoms with Crippen LogP contribution in [-0.4, -0.2) is 60.4 Å². The number of imidazole rings is 1. The van der Waals surface area contributed by atoms with Crippen molar-refractivity contribution in [3.8, 4) is 0 Å². The smallest absolute Gasteiger partial charge is 0.317 e. The number of benzene rings is 1. The zero-order chi connectivity index (χ0) is 21.3. The molecule has 3 N–H and O–H groups in total. The third-order valence-electron chi connectivity index (χ3n) is 4.58. The highest BCUT2D eigenvalue weighted by atomic mass is 31.1. The van der Waals surface area contributed by atoms with Crippen molar-refractivity contribution in [2.45, 2.75) is 24.6 Å². The van der Waals surface area contributed by atoms with Crippen molar-refractivity contribution >= 4 is 31.1 Å². The van der Waals surface area contributed by atoms with Gasteiger partial charge in [0.25, 0.3) is 5.91 Å². The number of amides is 1. The number of aromatic nitrogens is 4. The van der Waals surface area contributed by atoms with Gasteiger partial charge in [-0.05, 0) is 12.1 Å². The zero-order valence-corrected chi connectivity index (χ0v) is 16.3. The Morgan fingerprint density at radius 2 is 2.07 bits per heavy atom. The maximum absolute atomic E-state index is 14.9. The summed E-state index contributed by atoms with van der Waals surface area (Å²) in [4.78, 5) is 33.7. The van der Waals surface area contributed by atoms with Crippen molar-refractivity contribution in [1.29, 1.82) is 0 Å². The summed E-state index contributed by atoms with van der Waals surface area (Å²) >= 11 is 0. The minimum Gasteiger partial charge on any atom is -0.394 e.